The predicted octanol–water partition coefficient (Wildman–Crippen LogP) is 4.33. The molecule has 0 radical (unpaired) electrons. The molecule has 25 heavy (non-hydrogen) atoms. The van der Waals surface area contributed by atoms with Crippen molar-refractivity contribution in [3.05, 3.63) is 35.6 Å². The van der Waals surface area contributed by atoms with Crippen LogP contribution < -0.4 is 0 Å². The second-order valence-corrected chi connectivity index (χ2v) is 10.3. The lowest BCUT2D eigenvalue weighted by Gasteiger charge is -2.53. The minimum absolute atomic E-state index is 0.136. The van der Waals surface area contributed by atoms with Crippen molar-refractivity contribution in [2.75, 3.05) is 12.3 Å². The van der Waals surface area contributed by atoms with Crippen molar-refractivity contribution < 1.29 is 13.0 Å². The van der Waals surface area contributed by atoms with E-state index in [0.717, 1.165) is 38.6 Å². The van der Waals surface area contributed by atoms with Gasteiger partial charge in [-0.15, -0.1) is 0 Å². The molecule has 0 aromatic heterocycles. The number of rotatable bonds is 5. The molecule has 1 saturated carbocycles. The highest BCUT2D eigenvalue weighted by Crippen LogP contribution is 2.63. The van der Waals surface area contributed by atoms with Crippen LogP contribution in [0, 0.1) is 10.8 Å². The molecule has 2 aliphatic carbocycles. The van der Waals surface area contributed by atoms with Crippen molar-refractivity contribution in [2.24, 2.45) is 10.8 Å². The molecule has 0 saturated heterocycles. The first-order chi connectivity index (χ1) is 11.6. The maximum atomic E-state index is 11.0. The van der Waals surface area contributed by atoms with Gasteiger partial charge in [0.1, 0.15) is 0 Å². The van der Waals surface area contributed by atoms with Crippen molar-refractivity contribution in [1.29, 1.82) is 0 Å². The zero-order valence-corrected chi connectivity index (χ0v) is 16.5. The summed E-state index contributed by atoms with van der Waals surface area (Å²) in [6, 6.07) is 0.405. The van der Waals surface area contributed by atoms with Gasteiger partial charge < -0.3 is 4.90 Å². The number of allylic oxidation sites excluding steroid dienone is 2. The topological polar surface area (TPSA) is 57.6 Å². The van der Waals surface area contributed by atoms with E-state index >= 15 is 0 Å². The quantitative estimate of drug-likeness (QED) is 0.448. The van der Waals surface area contributed by atoms with E-state index in [4.69, 9.17) is 4.55 Å². The molecule has 140 valence electrons. The molecule has 0 amide bonds. The number of hydrogen-bond acceptors (Lipinski definition) is 3. The van der Waals surface area contributed by atoms with Crippen LogP contribution in [0.25, 0.3) is 0 Å². The van der Waals surface area contributed by atoms with Gasteiger partial charge in [0.25, 0.3) is 10.1 Å². The fourth-order valence-corrected chi connectivity index (χ4v) is 5.87. The van der Waals surface area contributed by atoms with Gasteiger partial charge in [-0.3, -0.25) is 4.55 Å². The highest BCUT2D eigenvalue weighted by Gasteiger charge is 2.58. The van der Waals surface area contributed by atoms with Gasteiger partial charge in [0, 0.05) is 23.7 Å². The molecular weight excluding hydrogens is 334 g/mol. The normalized spacial score (nSPS) is 31.3. The van der Waals surface area contributed by atoms with Crippen LogP contribution in [0.4, 0.5) is 0 Å². The average molecular weight is 366 g/mol. The first-order valence-electron chi connectivity index (χ1n) is 9.35. The molecule has 2 atom stereocenters. The Labute approximate surface area is 152 Å². The molecule has 0 aromatic carbocycles. The SMILES string of the molecule is C=C1CC2N(CCCCS(=O)(=O)O)C3=C(CCC=C3)C2(C)C(C)(C)C1. The van der Waals surface area contributed by atoms with Crippen LogP contribution in [0.3, 0.4) is 0 Å². The molecule has 4 nitrogen and oxygen atoms in total. The molecule has 1 fully saturated rings. The van der Waals surface area contributed by atoms with Crippen LogP contribution in [0.2, 0.25) is 0 Å². The van der Waals surface area contributed by atoms with E-state index < -0.39 is 10.1 Å². The molecule has 3 aliphatic rings. The van der Waals surface area contributed by atoms with E-state index in [0.29, 0.717) is 12.5 Å². The van der Waals surface area contributed by atoms with E-state index in [1.165, 1.54) is 11.3 Å². The molecule has 1 N–H and O–H groups in total. The van der Waals surface area contributed by atoms with Gasteiger partial charge in [-0.05, 0) is 55.6 Å². The molecule has 0 bridgehead atoms. The molecule has 0 aromatic rings. The Morgan fingerprint density at radius 2 is 2.04 bits per heavy atom. The summed E-state index contributed by atoms with van der Waals surface area (Å²) in [4.78, 5) is 2.50. The Morgan fingerprint density at radius 3 is 2.72 bits per heavy atom. The molecule has 2 unspecified atom stereocenters. The highest BCUT2D eigenvalue weighted by molar-refractivity contribution is 7.85. The summed E-state index contributed by atoms with van der Waals surface area (Å²) in [5.41, 5.74) is 4.55. The Morgan fingerprint density at radius 1 is 1.32 bits per heavy atom. The van der Waals surface area contributed by atoms with E-state index in [1.807, 2.05) is 0 Å². The number of hydrogen-bond donors (Lipinski definition) is 1. The summed E-state index contributed by atoms with van der Waals surface area (Å²) in [6.07, 6.45) is 10.1. The summed E-state index contributed by atoms with van der Waals surface area (Å²) in [5, 5.41) is 0. The second kappa shape index (κ2) is 6.27. The maximum absolute atomic E-state index is 11.0. The first kappa shape index (κ1) is 18.7. The third kappa shape index (κ3) is 3.21. The van der Waals surface area contributed by atoms with Gasteiger partial charge in [-0.1, -0.05) is 39.0 Å². The lowest BCUT2D eigenvalue weighted by Crippen LogP contribution is -2.52. The van der Waals surface area contributed by atoms with Crippen molar-refractivity contribution >= 4 is 10.1 Å². The maximum Gasteiger partial charge on any atom is 0.264 e. The molecule has 3 rings (SSSR count). The van der Waals surface area contributed by atoms with Gasteiger partial charge in [-0.25, -0.2) is 0 Å². The van der Waals surface area contributed by atoms with Gasteiger partial charge in [-0.2, -0.15) is 8.42 Å². The molecule has 0 spiro atoms. The predicted molar refractivity (Wildman–Crippen MR) is 102 cm³/mol. The lowest BCUT2D eigenvalue weighted by atomic mass is 9.53. The fraction of sp³-hybridized carbons (Fsp3) is 0.700. The van der Waals surface area contributed by atoms with Crippen molar-refractivity contribution in [2.45, 2.75) is 65.3 Å². The van der Waals surface area contributed by atoms with Crippen LogP contribution in [-0.4, -0.2) is 36.2 Å². The Bertz CT molecular complexity index is 732. The highest BCUT2D eigenvalue weighted by atomic mass is 32.2. The van der Waals surface area contributed by atoms with Crippen LogP contribution in [-0.2, 0) is 10.1 Å². The second-order valence-electron chi connectivity index (χ2n) is 8.72. The molecule has 1 aliphatic heterocycles. The van der Waals surface area contributed by atoms with Gasteiger partial charge in [0.2, 0.25) is 0 Å². The Kier molecular flexibility index (Phi) is 4.70. The minimum atomic E-state index is -3.86. The zero-order valence-electron chi connectivity index (χ0n) is 15.7. The minimum Gasteiger partial charge on any atom is -0.367 e. The molecular formula is C20H31NO3S. The van der Waals surface area contributed by atoms with Crippen LogP contribution in [0.1, 0.15) is 59.3 Å². The Balaban J connectivity index is 1.86. The smallest absolute Gasteiger partial charge is 0.264 e. The van der Waals surface area contributed by atoms with Gasteiger partial charge in [0.15, 0.2) is 0 Å². The molecule has 1 heterocycles. The van der Waals surface area contributed by atoms with Gasteiger partial charge >= 0.3 is 0 Å². The largest absolute Gasteiger partial charge is 0.367 e. The van der Waals surface area contributed by atoms with E-state index in [-0.39, 0.29) is 16.6 Å². The van der Waals surface area contributed by atoms with Crippen LogP contribution in [0.5, 0.6) is 0 Å². The first-order valence-corrected chi connectivity index (χ1v) is 11.0. The monoisotopic (exact) mass is 365 g/mol. The summed E-state index contributed by atoms with van der Waals surface area (Å²) in [5.74, 6) is -0.150. The van der Waals surface area contributed by atoms with Crippen molar-refractivity contribution in [3.63, 3.8) is 0 Å². The van der Waals surface area contributed by atoms with Crippen molar-refractivity contribution in [3.8, 4) is 0 Å². The number of unbranched alkanes of at least 4 members (excludes halogenated alkanes) is 1. The van der Waals surface area contributed by atoms with E-state index in [2.05, 4.69) is 44.4 Å². The number of nitrogens with zero attached hydrogens (tertiary/aromatic N) is 1. The Hall–Kier alpha value is -1.07. The third-order valence-electron chi connectivity index (χ3n) is 6.76. The summed E-state index contributed by atoms with van der Waals surface area (Å²) >= 11 is 0. The standard InChI is InChI=1S/C20H31NO3S/c1-15-13-18-20(4,19(2,3)14-15)16-9-5-6-10-17(16)21(18)11-7-8-12-25(22,23)24/h6,10,18H,1,5,7-9,11-14H2,2-4H3,(H,22,23,24). The summed E-state index contributed by atoms with van der Waals surface area (Å²) in [6.45, 7) is 12.3. The molecule has 5 heteroatoms. The van der Waals surface area contributed by atoms with Gasteiger partial charge in [0.05, 0.1) is 5.75 Å². The fourth-order valence-electron chi connectivity index (χ4n) is 5.30. The van der Waals surface area contributed by atoms with Crippen LogP contribution in [0.15, 0.2) is 35.6 Å². The van der Waals surface area contributed by atoms with E-state index in [9.17, 15) is 8.42 Å². The summed E-state index contributed by atoms with van der Waals surface area (Å²) in [7, 11) is -3.86. The summed E-state index contributed by atoms with van der Waals surface area (Å²) < 4.78 is 30.9. The lowest BCUT2D eigenvalue weighted by molar-refractivity contribution is 0.0278. The average Bonchev–Trinajstić information content (AvgIpc) is 2.73. The zero-order chi connectivity index (χ0) is 18.5. The van der Waals surface area contributed by atoms with E-state index in [1.54, 1.807) is 5.57 Å². The third-order valence-corrected chi connectivity index (χ3v) is 7.56. The van der Waals surface area contributed by atoms with Crippen molar-refractivity contribution in [1.82, 2.24) is 4.90 Å². The van der Waals surface area contributed by atoms with Crippen LogP contribution >= 0.6 is 0 Å². The number of fused-ring (bicyclic) bond motifs is 2.